The third kappa shape index (κ3) is 2.93. The summed E-state index contributed by atoms with van der Waals surface area (Å²) in [5.74, 6) is 0.649. The highest BCUT2D eigenvalue weighted by molar-refractivity contribution is 9.10. The Hall–Kier alpha value is -0.870. The van der Waals surface area contributed by atoms with E-state index in [1.807, 2.05) is 25.2 Å². The molecule has 0 aliphatic heterocycles. The Labute approximate surface area is 116 Å². The van der Waals surface area contributed by atoms with Crippen molar-refractivity contribution in [2.75, 3.05) is 18.5 Å². The van der Waals surface area contributed by atoms with Crippen LogP contribution < -0.4 is 4.90 Å². The number of ketones is 1. The van der Waals surface area contributed by atoms with Crippen LogP contribution in [0.3, 0.4) is 0 Å². The molecule has 1 aliphatic carbocycles. The third-order valence-corrected chi connectivity index (χ3v) is 4.14. The first-order valence-corrected chi connectivity index (χ1v) is 6.96. The Balaban J connectivity index is 2.05. The van der Waals surface area contributed by atoms with Crippen molar-refractivity contribution in [2.45, 2.75) is 25.9 Å². The quantitative estimate of drug-likeness (QED) is 0.869. The van der Waals surface area contributed by atoms with E-state index in [9.17, 15) is 9.90 Å². The molecule has 0 unspecified atom stereocenters. The zero-order chi connectivity index (χ0) is 13.3. The molecule has 98 valence electrons. The van der Waals surface area contributed by atoms with Gasteiger partial charge in [-0.3, -0.25) is 4.79 Å². The first-order chi connectivity index (χ1) is 8.47. The van der Waals surface area contributed by atoms with E-state index in [2.05, 4.69) is 20.8 Å². The summed E-state index contributed by atoms with van der Waals surface area (Å²) in [6.45, 7) is 2.51. The van der Waals surface area contributed by atoms with Gasteiger partial charge in [0.15, 0.2) is 5.78 Å². The van der Waals surface area contributed by atoms with Crippen molar-refractivity contribution >= 4 is 27.4 Å². The fourth-order valence-corrected chi connectivity index (χ4v) is 3.05. The fourth-order valence-electron chi connectivity index (χ4n) is 2.37. The summed E-state index contributed by atoms with van der Waals surface area (Å²) >= 11 is 3.51. The maximum Gasteiger partial charge on any atom is 0.159 e. The van der Waals surface area contributed by atoms with Gasteiger partial charge in [-0.25, -0.2) is 0 Å². The number of halogens is 1. The van der Waals surface area contributed by atoms with E-state index in [4.69, 9.17) is 0 Å². The number of anilines is 1. The number of Topliss-reactive ketones (excluding diaryl/α,β-unsaturated/α-hetero) is 1. The van der Waals surface area contributed by atoms with Gasteiger partial charge in [-0.05, 0) is 59.8 Å². The van der Waals surface area contributed by atoms with Gasteiger partial charge in [0, 0.05) is 23.6 Å². The van der Waals surface area contributed by atoms with Gasteiger partial charge in [-0.15, -0.1) is 0 Å². The Morgan fingerprint density at radius 2 is 2.17 bits per heavy atom. The summed E-state index contributed by atoms with van der Waals surface area (Å²) in [5, 5.41) is 9.29. The van der Waals surface area contributed by atoms with Gasteiger partial charge in [0.05, 0.1) is 11.8 Å². The number of rotatable bonds is 4. The van der Waals surface area contributed by atoms with Crippen LogP contribution in [0.5, 0.6) is 0 Å². The number of hydrogen-bond acceptors (Lipinski definition) is 3. The molecule has 0 spiro atoms. The molecule has 1 aromatic rings. The standard InChI is InChI=1S/C14H18BrNO2/c1-9(17)11-3-4-14(13(15)7-11)16(2)8-10-5-12(18)6-10/h3-4,7,10,12,18H,5-6,8H2,1-2H3. The van der Waals surface area contributed by atoms with Gasteiger partial charge in [-0.1, -0.05) is 0 Å². The van der Waals surface area contributed by atoms with Crippen molar-refractivity contribution in [1.29, 1.82) is 0 Å². The molecule has 0 aromatic heterocycles. The fraction of sp³-hybridized carbons (Fsp3) is 0.500. The SMILES string of the molecule is CC(=O)c1ccc(N(C)CC2CC(O)C2)c(Br)c1. The molecule has 0 bridgehead atoms. The zero-order valence-electron chi connectivity index (χ0n) is 10.7. The van der Waals surface area contributed by atoms with Crippen molar-refractivity contribution in [3.8, 4) is 0 Å². The zero-order valence-corrected chi connectivity index (χ0v) is 12.3. The molecule has 0 saturated heterocycles. The van der Waals surface area contributed by atoms with Gasteiger partial charge >= 0.3 is 0 Å². The molecule has 18 heavy (non-hydrogen) atoms. The largest absolute Gasteiger partial charge is 0.393 e. The minimum absolute atomic E-state index is 0.0759. The van der Waals surface area contributed by atoms with Crippen LogP contribution in [0, 0.1) is 5.92 Å². The number of hydrogen-bond donors (Lipinski definition) is 1. The molecule has 1 aromatic carbocycles. The minimum Gasteiger partial charge on any atom is -0.393 e. The molecule has 1 saturated carbocycles. The summed E-state index contributed by atoms with van der Waals surface area (Å²) in [4.78, 5) is 13.5. The van der Waals surface area contributed by atoms with Crippen molar-refractivity contribution in [2.24, 2.45) is 5.92 Å². The molecular weight excluding hydrogens is 294 g/mol. The highest BCUT2D eigenvalue weighted by Crippen LogP contribution is 2.32. The van der Waals surface area contributed by atoms with E-state index in [0.29, 0.717) is 5.92 Å². The lowest BCUT2D eigenvalue weighted by Gasteiger charge is -2.35. The number of nitrogens with zero attached hydrogens (tertiary/aromatic N) is 1. The summed E-state index contributed by atoms with van der Waals surface area (Å²) in [6.07, 6.45) is 1.69. The van der Waals surface area contributed by atoms with Crippen LogP contribution >= 0.6 is 15.9 Å². The van der Waals surface area contributed by atoms with Crippen LogP contribution in [0.4, 0.5) is 5.69 Å². The predicted octanol–water partition coefficient (Wildman–Crippen LogP) is 2.86. The third-order valence-electron chi connectivity index (χ3n) is 3.51. The molecule has 3 nitrogen and oxygen atoms in total. The van der Waals surface area contributed by atoms with E-state index in [-0.39, 0.29) is 11.9 Å². The summed E-state index contributed by atoms with van der Waals surface area (Å²) < 4.78 is 0.942. The number of aliphatic hydroxyl groups is 1. The lowest BCUT2D eigenvalue weighted by atomic mass is 9.82. The van der Waals surface area contributed by atoms with Gasteiger partial charge in [0.2, 0.25) is 0 Å². The van der Waals surface area contributed by atoms with Crippen molar-refractivity contribution < 1.29 is 9.90 Å². The summed E-state index contributed by atoms with van der Waals surface area (Å²) in [6, 6.07) is 5.69. The van der Waals surface area contributed by atoms with Gasteiger partial charge in [0.1, 0.15) is 0 Å². The molecule has 0 amide bonds. The Morgan fingerprint density at radius 3 is 2.67 bits per heavy atom. The maximum absolute atomic E-state index is 11.3. The predicted molar refractivity (Wildman–Crippen MR) is 76.1 cm³/mol. The molecule has 0 atom stereocenters. The number of aliphatic hydroxyl groups excluding tert-OH is 1. The van der Waals surface area contributed by atoms with E-state index in [1.165, 1.54) is 0 Å². The monoisotopic (exact) mass is 311 g/mol. The number of benzene rings is 1. The van der Waals surface area contributed by atoms with E-state index in [0.717, 1.165) is 35.1 Å². The molecule has 1 aliphatic rings. The van der Waals surface area contributed by atoms with Crippen molar-refractivity contribution in [1.82, 2.24) is 0 Å². The maximum atomic E-state index is 11.3. The first-order valence-electron chi connectivity index (χ1n) is 6.17. The highest BCUT2D eigenvalue weighted by Gasteiger charge is 2.28. The molecule has 1 N–H and O–H groups in total. The van der Waals surface area contributed by atoms with Crippen LogP contribution in [0.1, 0.15) is 30.1 Å². The molecule has 0 radical (unpaired) electrons. The van der Waals surface area contributed by atoms with Crippen molar-refractivity contribution in [3.63, 3.8) is 0 Å². The topological polar surface area (TPSA) is 40.5 Å². The van der Waals surface area contributed by atoms with Gasteiger partial charge in [0.25, 0.3) is 0 Å². The summed E-state index contributed by atoms with van der Waals surface area (Å²) in [7, 11) is 2.04. The molecular formula is C14H18BrNO2. The number of carbonyl (C=O) groups is 1. The smallest absolute Gasteiger partial charge is 0.159 e. The lowest BCUT2D eigenvalue weighted by Crippen LogP contribution is -2.37. The Bertz CT molecular complexity index is 455. The average Bonchev–Trinajstić information content (AvgIpc) is 2.26. The van der Waals surface area contributed by atoms with Crippen LogP contribution in [0.2, 0.25) is 0 Å². The van der Waals surface area contributed by atoms with E-state index in [1.54, 1.807) is 6.92 Å². The average molecular weight is 312 g/mol. The Kier molecular flexibility index (Phi) is 4.07. The second kappa shape index (κ2) is 5.41. The molecule has 2 rings (SSSR count). The molecule has 1 fully saturated rings. The second-order valence-corrected chi connectivity index (χ2v) is 5.95. The molecule has 4 heteroatoms. The van der Waals surface area contributed by atoms with E-state index < -0.39 is 0 Å². The Morgan fingerprint density at radius 1 is 1.50 bits per heavy atom. The van der Waals surface area contributed by atoms with Crippen LogP contribution in [-0.4, -0.2) is 30.6 Å². The normalized spacial score (nSPS) is 22.4. The van der Waals surface area contributed by atoms with Crippen LogP contribution in [-0.2, 0) is 0 Å². The first kappa shape index (κ1) is 13.6. The van der Waals surface area contributed by atoms with Crippen LogP contribution in [0.25, 0.3) is 0 Å². The lowest BCUT2D eigenvalue weighted by molar-refractivity contribution is 0.0464. The van der Waals surface area contributed by atoms with E-state index >= 15 is 0 Å². The number of carbonyl (C=O) groups excluding carboxylic acids is 1. The van der Waals surface area contributed by atoms with Crippen LogP contribution in [0.15, 0.2) is 22.7 Å². The summed E-state index contributed by atoms with van der Waals surface area (Å²) in [5.41, 5.74) is 1.81. The highest BCUT2D eigenvalue weighted by atomic mass is 79.9. The van der Waals surface area contributed by atoms with Crippen molar-refractivity contribution in [3.05, 3.63) is 28.2 Å². The second-order valence-electron chi connectivity index (χ2n) is 5.09. The minimum atomic E-state index is -0.105. The van der Waals surface area contributed by atoms with Gasteiger partial charge < -0.3 is 10.0 Å². The molecule has 0 heterocycles. The van der Waals surface area contributed by atoms with Gasteiger partial charge in [-0.2, -0.15) is 0 Å².